The van der Waals surface area contributed by atoms with Crippen molar-refractivity contribution in [3.63, 3.8) is 0 Å². The zero-order chi connectivity index (χ0) is 21.7. The molecular weight excluding hydrogens is 398 g/mol. The Morgan fingerprint density at radius 1 is 0.581 bits per heavy atom. The Balaban J connectivity index is 0.00000900. The van der Waals surface area contributed by atoms with Crippen molar-refractivity contribution >= 4 is 0 Å². The smallest absolute Gasteiger partial charge is 0.103 e. The molecule has 0 fully saturated rings. The fourth-order valence-corrected chi connectivity index (χ4v) is 4.75. The van der Waals surface area contributed by atoms with Crippen LogP contribution in [0.25, 0.3) is 0 Å². The molecule has 0 aliphatic carbocycles. The van der Waals surface area contributed by atoms with Gasteiger partial charge in [-0.2, -0.15) is 0 Å². The first-order chi connectivity index (χ1) is 14.8. The van der Waals surface area contributed by atoms with E-state index in [0.29, 0.717) is 0 Å². The number of hydrogen-bond donors (Lipinski definition) is 1. The summed E-state index contributed by atoms with van der Waals surface area (Å²) in [6.45, 7) is 5.79. The van der Waals surface area contributed by atoms with E-state index in [2.05, 4.69) is 51.2 Å². The topological polar surface area (TPSA) is 4.44 Å². The number of unbranched alkanes of at least 4 members (excludes halogenated alkanes) is 14. The Kier molecular flexibility index (Phi) is 22.3. The van der Waals surface area contributed by atoms with Crippen LogP contribution in [0.2, 0.25) is 0 Å². The molecule has 1 unspecified atom stereocenters. The van der Waals surface area contributed by atoms with Gasteiger partial charge in [0.15, 0.2) is 0 Å². The summed E-state index contributed by atoms with van der Waals surface area (Å²) in [5.74, 6) is 0. The predicted molar refractivity (Wildman–Crippen MR) is 135 cm³/mol. The van der Waals surface area contributed by atoms with Crippen LogP contribution in [0.15, 0.2) is 30.3 Å². The summed E-state index contributed by atoms with van der Waals surface area (Å²) in [6.07, 6.45) is 25.8. The molecule has 0 aliphatic heterocycles. The minimum absolute atomic E-state index is 0. The molecule has 1 aromatic carbocycles. The van der Waals surface area contributed by atoms with Crippen LogP contribution in [0, 0.1) is 0 Å². The molecular formula is C29H54ClN. The van der Waals surface area contributed by atoms with Crippen LogP contribution < -0.4 is 17.3 Å². The van der Waals surface area contributed by atoms with E-state index >= 15 is 0 Å². The van der Waals surface area contributed by atoms with Gasteiger partial charge >= 0.3 is 0 Å². The predicted octanol–water partition coefficient (Wildman–Crippen LogP) is 5.14. The van der Waals surface area contributed by atoms with Gasteiger partial charge in [-0.05, 0) is 25.7 Å². The molecule has 1 N–H and O–H groups in total. The molecule has 1 nitrogen and oxygen atoms in total. The third kappa shape index (κ3) is 17.7. The maximum absolute atomic E-state index is 2.44. The zero-order valence-corrected chi connectivity index (χ0v) is 22.0. The number of rotatable bonds is 21. The van der Waals surface area contributed by atoms with E-state index in [4.69, 9.17) is 0 Å². The van der Waals surface area contributed by atoms with E-state index in [1.54, 1.807) is 4.90 Å². The normalized spacial score (nSPS) is 12.1. The quantitative estimate of drug-likeness (QED) is 0.247. The van der Waals surface area contributed by atoms with Gasteiger partial charge in [-0.1, -0.05) is 134 Å². The van der Waals surface area contributed by atoms with E-state index in [0.717, 1.165) is 6.04 Å². The fraction of sp³-hybridized carbons (Fsp3) is 0.793. The molecule has 0 radical (unpaired) electrons. The lowest BCUT2D eigenvalue weighted by Gasteiger charge is -2.25. The van der Waals surface area contributed by atoms with Crippen molar-refractivity contribution in [1.29, 1.82) is 0 Å². The summed E-state index contributed by atoms with van der Waals surface area (Å²) >= 11 is 0. The van der Waals surface area contributed by atoms with Crippen LogP contribution in [0.4, 0.5) is 0 Å². The molecule has 1 rings (SSSR count). The third-order valence-corrected chi connectivity index (χ3v) is 6.83. The second-order valence-corrected chi connectivity index (χ2v) is 9.73. The minimum Gasteiger partial charge on any atom is -1.00 e. The highest BCUT2D eigenvalue weighted by Gasteiger charge is 2.18. The standard InChI is InChI=1S/C29H53N.ClH/c1-4-6-8-10-12-14-16-21-25-29(26-22-17-15-13-11-9-7-5-2)30(3)27-28-23-19-18-20-24-28;/h18-20,23-24,29H,4-17,21-22,25-27H2,1-3H3;1H. The number of halogens is 1. The first kappa shape index (κ1) is 30.5. The molecule has 0 heterocycles. The fourth-order valence-electron chi connectivity index (χ4n) is 4.75. The number of quaternary nitrogens is 1. The van der Waals surface area contributed by atoms with Gasteiger partial charge in [0.1, 0.15) is 6.54 Å². The van der Waals surface area contributed by atoms with Crippen molar-refractivity contribution in [2.45, 2.75) is 142 Å². The number of benzene rings is 1. The summed E-state index contributed by atoms with van der Waals surface area (Å²) in [7, 11) is 2.44. The summed E-state index contributed by atoms with van der Waals surface area (Å²) < 4.78 is 0. The summed E-state index contributed by atoms with van der Waals surface area (Å²) in [5.41, 5.74) is 1.49. The SMILES string of the molecule is CCCCCCCCCCC(CCCCCCCCCC)[NH+](C)Cc1ccccc1.[Cl-]. The van der Waals surface area contributed by atoms with E-state index in [9.17, 15) is 0 Å². The lowest BCUT2D eigenvalue weighted by Crippen LogP contribution is -3.11. The Hall–Kier alpha value is -0.530. The van der Waals surface area contributed by atoms with E-state index in [1.165, 1.54) is 128 Å². The monoisotopic (exact) mass is 451 g/mol. The first-order valence-electron chi connectivity index (χ1n) is 13.6. The van der Waals surface area contributed by atoms with E-state index in [-0.39, 0.29) is 12.4 Å². The van der Waals surface area contributed by atoms with Crippen LogP contribution in [-0.4, -0.2) is 13.1 Å². The first-order valence-corrected chi connectivity index (χ1v) is 13.6. The molecule has 0 aliphatic rings. The summed E-state index contributed by atoms with van der Waals surface area (Å²) in [6, 6.07) is 12.0. The molecule has 31 heavy (non-hydrogen) atoms. The average molecular weight is 452 g/mol. The van der Waals surface area contributed by atoms with Crippen LogP contribution >= 0.6 is 0 Å². The maximum atomic E-state index is 2.44. The molecule has 0 bridgehead atoms. The lowest BCUT2D eigenvalue weighted by atomic mass is 9.98. The average Bonchev–Trinajstić information content (AvgIpc) is 2.76. The van der Waals surface area contributed by atoms with Gasteiger partial charge in [0, 0.05) is 5.56 Å². The Labute approximate surface area is 202 Å². The van der Waals surface area contributed by atoms with Gasteiger partial charge in [-0.25, -0.2) is 0 Å². The zero-order valence-electron chi connectivity index (χ0n) is 21.3. The Morgan fingerprint density at radius 2 is 0.968 bits per heavy atom. The molecule has 0 aromatic heterocycles. The largest absolute Gasteiger partial charge is 1.00 e. The third-order valence-electron chi connectivity index (χ3n) is 6.83. The van der Waals surface area contributed by atoms with Gasteiger partial charge in [0.2, 0.25) is 0 Å². The van der Waals surface area contributed by atoms with E-state index in [1.807, 2.05) is 0 Å². The van der Waals surface area contributed by atoms with Gasteiger partial charge < -0.3 is 17.3 Å². The molecule has 2 heteroatoms. The molecule has 0 saturated carbocycles. The maximum Gasteiger partial charge on any atom is 0.103 e. The number of nitrogens with one attached hydrogen (secondary N) is 1. The van der Waals surface area contributed by atoms with Gasteiger partial charge in [-0.15, -0.1) is 0 Å². The Morgan fingerprint density at radius 3 is 1.39 bits per heavy atom. The molecule has 1 aromatic rings. The second kappa shape index (κ2) is 22.7. The Bertz CT molecular complexity index is 441. The molecule has 0 amide bonds. The van der Waals surface area contributed by atoms with Gasteiger partial charge in [0.05, 0.1) is 13.1 Å². The summed E-state index contributed by atoms with van der Waals surface area (Å²) in [5, 5.41) is 0. The van der Waals surface area contributed by atoms with Gasteiger partial charge in [-0.3, -0.25) is 0 Å². The number of hydrogen-bond acceptors (Lipinski definition) is 0. The van der Waals surface area contributed by atoms with Crippen LogP contribution in [0.5, 0.6) is 0 Å². The van der Waals surface area contributed by atoms with Crippen molar-refractivity contribution < 1.29 is 17.3 Å². The van der Waals surface area contributed by atoms with Crippen molar-refractivity contribution in [2.75, 3.05) is 7.05 Å². The van der Waals surface area contributed by atoms with Crippen LogP contribution in [0.3, 0.4) is 0 Å². The van der Waals surface area contributed by atoms with Crippen molar-refractivity contribution in [1.82, 2.24) is 0 Å². The van der Waals surface area contributed by atoms with E-state index < -0.39 is 0 Å². The second-order valence-electron chi connectivity index (χ2n) is 9.73. The summed E-state index contributed by atoms with van der Waals surface area (Å²) in [4.78, 5) is 1.73. The lowest BCUT2D eigenvalue weighted by molar-refractivity contribution is -0.920. The van der Waals surface area contributed by atoms with Crippen molar-refractivity contribution in [3.8, 4) is 0 Å². The highest BCUT2D eigenvalue weighted by molar-refractivity contribution is 5.13. The minimum atomic E-state index is 0. The van der Waals surface area contributed by atoms with Crippen molar-refractivity contribution in [2.24, 2.45) is 0 Å². The van der Waals surface area contributed by atoms with Crippen molar-refractivity contribution in [3.05, 3.63) is 35.9 Å². The molecule has 1 atom stereocenters. The highest BCUT2D eigenvalue weighted by Crippen LogP contribution is 2.14. The molecule has 182 valence electrons. The van der Waals surface area contributed by atoms with Crippen LogP contribution in [0.1, 0.15) is 135 Å². The molecule has 0 saturated heterocycles. The van der Waals surface area contributed by atoms with Crippen LogP contribution in [-0.2, 0) is 6.54 Å². The highest BCUT2D eigenvalue weighted by atomic mass is 35.5. The molecule has 0 spiro atoms. The van der Waals surface area contributed by atoms with Gasteiger partial charge in [0.25, 0.3) is 0 Å².